The Morgan fingerprint density at radius 1 is 1.27 bits per heavy atom. The first kappa shape index (κ1) is 10.3. The Morgan fingerprint density at radius 2 is 2.00 bits per heavy atom. The fraction of sp³-hybridized carbons (Fsp3) is 0.250. The van der Waals surface area contributed by atoms with E-state index in [0.29, 0.717) is 0 Å². The molecule has 0 aliphatic heterocycles. The van der Waals surface area contributed by atoms with E-state index in [1.807, 2.05) is 36.6 Å². The van der Waals surface area contributed by atoms with Gasteiger partial charge in [-0.1, -0.05) is 13.0 Å². The van der Waals surface area contributed by atoms with Crippen LogP contribution in [-0.2, 0) is 0 Å². The summed E-state index contributed by atoms with van der Waals surface area (Å²) in [6.45, 7) is 2.03. The molecule has 2 unspecified atom stereocenters. The van der Waals surface area contributed by atoms with Gasteiger partial charge >= 0.3 is 0 Å². The van der Waals surface area contributed by atoms with Gasteiger partial charge in [0.05, 0.1) is 6.10 Å². The fourth-order valence-corrected chi connectivity index (χ4v) is 2.37. The van der Waals surface area contributed by atoms with Crippen LogP contribution < -0.4 is 0 Å². The predicted molar refractivity (Wildman–Crippen MR) is 61.9 cm³/mol. The van der Waals surface area contributed by atoms with Crippen molar-refractivity contribution in [1.29, 1.82) is 0 Å². The van der Waals surface area contributed by atoms with Crippen molar-refractivity contribution in [3.63, 3.8) is 0 Å². The molecule has 2 heterocycles. The number of thiophene rings is 1. The largest absolute Gasteiger partial charge is 0.387 e. The second-order valence-electron chi connectivity index (χ2n) is 3.53. The summed E-state index contributed by atoms with van der Waals surface area (Å²) in [5.74, 6) is 0.103. The first-order chi connectivity index (χ1) is 7.29. The Morgan fingerprint density at radius 3 is 2.60 bits per heavy atom. The van der Waals surface area contributed by atoms with Gasteiger partial charge in [-0.05, 0) is 29.1 Å². The van der Waals surface area contributed by atoms with E-state index in [1.165, 1.54) is 0 Å². The molecule has 2 atom stereocenters. The van der Waals surface area contributed by atoms with E-state index in [1.54, 1.807) is 23.7 Å². The van der Waals surface area contributed by atoms with Crippen LogP contribution in [0.5, 0.6) is 0 Å². The zero-order valence-corrected chi connectivity index (χ0v) is 9.32. The Kier molecular flexibility index (Phi) is 3.14. The Bertz CT molecular complexity index is 399. The molecule has 0 aliphatic carbocycles. The highest BCUT2D eigenvalue weighted by molar-refractivity contribution is 7.10. The van der Waals surface area contributed by atoms with Crippen LogP contribution in [0.25, 0.3) is 0 Å². The van der Waals surface area contributed by atoms with Crippen molar-refractivity contribution < 1.29 is 5.11 Å². The van der Waals surface area contributed by atoms with Crippen molar-refractivity contribution in [3.05, 3.63) is 52.5 Å². The molecule has 2 rings (SSSR count). The molecule has 0 saturated heterocycles. The summed E-state index contributed by atoms with van der Waals surface area (Å²) in [4.78, 5) is 4.98. The molecular formula is C12H13NOS. The van der Waals surface area contributed by atoms with Gasteiger partial charge in [-0.2, -0.15) is 0 Å². The second-order valence-corrected chi connectivity index (χ2v) is 4.51. The Balaban J connectivity index is 2.18. The Labute approximate surface area is 93.2 Å². The number of nitrogens with zero attached hydrogens (tertiary/aromatic N) is 1. The monoisotopic (exact) mass is 219 g/mol. The number of pyridine rings is 1. The average Bonchev–Trinajstić information content (AvgIpc) is 2.82. The zero-order valence-electron chi connectivity index (χ0n) is 8.50. The lowest BCUT2D eigenvalue weighted by Crippen LogP contribution is -2.05. The molecule has 1 N–H and O–H groups in total. The molecule has 0 fully saturated rings. The quantitative estimate of drug-likeness (QED) is 0.861. The molecule has 2 aromatic rings. The third-order valence-corrected chi connectivity index (χ3v) is 3.48. The molecule has 15 heavy (non-hydrogen) atoms. The standard InChI is InChI=1S/C12H13NOS/c1-9(10-4-6-13-7-5-10)12(14)11-3-2-8-15-11/h2-9,12,14H,1H3. The maximum Gasteiger partial charge on any atom is 0.0947 e. The highest BCUT2D eigenvalue weighted by atomic mass is 32.1. The summed E-state index contributed by atoms with van der Waals surface area (Å²) in [6.07, 6.45) is 3.09. The van der Waals surface area contributed by atoms with Crippen LogP contribution in [0.3, 0.4) is 0 Å². The van der Waals surface area contributed by atoms with Gasteiger partial charge in [0.15, 0.2) is 0 Å². The minimum absolute atomic E-state index is 0.103. The van der Waals surface area contributed by atoms with Crippen molar-refractivity contribution in [2.24, 2.45) is 0 Å². The van der Waals surface area contributed by atoms with Crippen molar-refractivity contribution in [3.8, 4) is 0 Å². The van der Waals surface area contributed by atoms with Gasteiger partial charge in [0, 0.05) is 23.2 Å². The van der Waals surface area contributed by atoms with Crippen LogP contribution in [-0.4, -0.2) is 10.1 Å². The summed E-state index contributed by atoms with van der Waals surface area (Å²) in [5, 5.41) is 12.1. The third-order valence-electron chi connectivity index (χ3n) is 2.54. The molecule has 0 saturated carbocycles. The normalized spacial score (nSPS) is 14.8. The zero-order chi connectivity index (χ0) is 10.7. The fourth-order valence-electron chi connectivity index (χ4n) is 1.56. The van der Waals surface area contributed by atoms with E-state index >= 15 is 0 Å². The van der Waals surface area contributed by atoms with Gasteiger partial charge in [0.25, 0.3) is 0 Å². The lowest BCUT2D eigenvalue weighted by atomic mass is 9.95. The van der Waals surface area contributed by atoms with E-state index in [9.17, 15) is 5.11 Å². The van der Waals surface area contributed by atoms with Crippen molar-refractivity contribution >= 4 is 11.3 Å². The van der Waals surface area contributed by atoms with Gasteiger partial charge in [-0.3, -0.25) is 4.98 Å². The van der Waals surface area contributed by atoms with E-state index in [4.69, 9.17) is 0 Å². The molecule has 2 aromatic heterocycles. The predicted octanol–water partition coefficient (Wildman–Crippen LogP) is 2.98. The molecule has 0 spiro atoms. The molecule has 78 valence electrons. The number of aliphatic hydroxyl groups is 1. The highest BCUT2D eigenvalue weighted by Gasteiger charge is 2.18. The topological polar surface area (TPSA) is 33.1 Å². The summed E-state index contributed by atoms with van der Waals surface area (Å²) in [6, 6.07) is 7.82. The third kappa shape index (κ3) is 2.25. The molecule has 0 aliphatic rings. The van der Waals surface area contributed by atoms with E-state index < -0.39 is 6.10 Å². The van der Waals surface area contributed by atoms with Gasteiger partial charge in [0.2, 0.25) is 0 Å². The van der Waals surface area contributed by atoms with Crippen LogP contribution in [0.2, 0.25) is 0 Å². The van der Waals surface area contributed by atoms with Gasteiger partial charge < -0.3 is 5.11 Å². The van der Waals surface area contributed by atoms with Crippen molar-refractivity contribution in [1.82, 2.24) is 4.98 Å². The molecule has 2 nitrogen and oxygen atoms in total. The minimum Gasteiger partial charge on any atom is -0.387 e. The summed E-state index contributed by atoms with van der Waals surface area (Å²) < 4.78 is 0. The maximum atomic E-state index is 10.1. The molecular weight excluding hydrogens is 206 g/mol. The Hall–Kier alpha value is -1.19. The number of hydrogen-bond donors (Lipinski definition) is 1. The minimum atomic E-state index is -0.424. The molecule has 0 bridgehead atoms. The van der Waals surface area contributed by atoms with E-state index in [0.717, 1.165) is 10.4 Å². The number of aromatic nitrogens is 1. The van der Waals surface area contributed by atoms with Gasteiger partial charge in [-0.15, -0.1) is 11.3 Å². The van der Waals surface area contributed by atoms with Gasteiger partial charge in [-0.25, -0.2) is 0 Å². The van der Waals surface area contributed by atoms with Crippen LogP contribution in [0.1, 0.15) is 29.4 Å². The maximum absolute atomic E-state index is 10.1. The molecule has 0 amide bonds. The lowest BCUT2D eigenvalue weighted by Gasteiger charge is -2.17. The molecule has 0 aromatic carbocycles. The lowest BCUT2D eigenvalue weighted by molar-refractivity contribution is 0.155. The number of aliphatic hydroxyl groups excluding tert-OH is 1. The van der Waals surface area contributed by atoms with Crippen LogP contribution in [0.4, 0.5) is 0 Å². The smallest absolute Gasteiger partial charge is 0.0947 e. The average molecular weight is 219 g/mol. The first-order valence-electron chi connectivity index (χ1n) is 4.90. The number of hydrogen-bond acceptors (Lipinski definition) is 3. The van der Waals surface area contributed by atoms with Crippen LogP contribution in [0.15, 0.2) is 42.0 Å². The van der Waals surface area contributed by atoms with Gasteiger partial charge in [0.1, 0.15) is 0 Å². The number of rotatable bonds is 3. The SMILES string of the molecule is CC(c1ccncc1)C(O)c1cccs1. The van der Waals surface area contributed by atoms with Crippen LogP contribution >= 0.6 is 11.3 Å². The molecule has 3 heteroatoms. The molecule has 0 radical (unpaired) electrons. The highest BCUT2D eigenvalue weighted by Crippen LogP contribution is 2.32. The van der Waals surface area contributed by atoms with Crippen molar-refractivity contribution in [2.45, 2.75) is 18.9 Å². The van der Waals surface area contributed by atoms with E-state index in [-0.39, 0.29) is 5.92 Å². The summed E-state index contributed by atoms with van der Waals surface area (Å²) >= 11 is 1.59. The van der Waals surface area contributed by atoms with Crippen molar-refractivity contribution in [2.75, 3.05) is 0 Å². The van der Waals surface area contributed by atoms with E-state index in [2.05, 4.69) is 4.98 Å². The van der Waals surface area contributed by atoms with Crippen LogP contribution in [0, 0.1) is 0 Å². The first-order valence-corrected chi connectivity index (χ1v) is 5.78. The summed E-state index contributed by atoms with van der Waals surface area (Å²) in [7, 11) is 0. The summed E-state index contributed by atoms with van der Waals surface area (Å²) in [5.41, 5.74) is 1.12. The second kappa shape index (κ2) is 4.55.